The van der Waals surface area contributed by atoms with Crippen molar-refractivity contribution in [1.29, 1.82) is 0 Å². The Labute approximate surface area is 106 Å². The Morgan fingerprint density at radius 1 is 1.35 bits per heavy atom. The summed E-state index contributed by atoms with van der Waals surface area (Å²) in [6.45, 7) is 4.16. The maximum Gasteiger partial charge on any atom is 0.0471 e. The number of fused-ring (bicyclic) bond motifs is 1. The van der Waals surface area contributed by atoms with Gasteiger partial charge in [0.15, 0.2) is 0 Å². The van der Waals surface area contributed by atoms with Gasteiger partial charge in [0, 0.05) is 24.4 Å². The van der Waals surface area contributed by atoms with Crippen molar-refractivity contribution in [2.75, 3.05) is 13.2 Å². The standard InChI is InChI=1S/C14H19NOS/c1-2-11(9-16)7-15-8-12-10-17-14-6-4-3-5-13(12)14/h3-6,10-11,15-16H,2,7-9H2,1H3. The predicted molar refractivity (Wildman–Crippen MR) is 74.4 cm³/mol. The monoisotopic (exact) mass is 249 g/mol. The maximum atomic E-state index is 9.12. The van der Waals surface area contributed by atoms with E-state index in [1.54, 1.807) is 11.3 Å². The average molecular weight is 249 g/mol. The summed E-state index contributed by atoms with van der Waals surface area (Å²) in [5.74, 6) is 0.375. The molecule has 92 valence electrons. The number of thiophene rings is 1. The van der Waals surface area contributed by atoms with Gasteiger partial charge < -0.3 is 10.4 Å². The zero-order valence-corrected chi connectivity index (χ0v) is 11.0. The Bertz CT molecular complexity index is 462. The number of aliphatic hydroxyl groups is 1. The number of benzene rings is 1. The smallest absolute Gasteiger partial charge is 0.0471 e. The molecule has 0 radical (unpaired) electrons. The van der Waals surface area contributed by atoms with Crippen molar-refractivity contribution in [2.45, 2.75) is 19.9 Å². The SMILES string of the molecule is CCC(CO)CNCc1csc2ccccc12. The van der Waals surface area contributed by atoms with Gasteiger partial charge in [0.25, 0.3) is 0 Å². The Balaban J connectivity index is 1.95. The van der Waals surface area contributed by atoms with Crippen LogP contribution in [-0.2, 0) is 6.54 Å². The van der Waals surface area contributed by atoms with E-state index < -0.39 is 0 Å². The first kappa shape index (κ1) is 12.6. The third-order valence-electron chi connectivity index (χ3n) is 3.15. The van der Waals surface area contributed by atoms with Crippen molar-refractivity contribution in [3.8, 4) is 0 Å². The summed E-state index contributed by atoms with van der Waals surface area (Å²) >= 11 is 1.79. The molecule has 1 aromatic carbocycles. The molecule has 17 heavy (non-hydrogen) atoms. The molecule has 0 saturated heterocycles. The van der Waals surface area contributed by atoms with Crippen molar-refractivity contribution in [3.63, 3.8) is 0 Å². The van der Waals surface area contributed by atoms with Gasteiger partial charge in [-0.2, -0.15) is 0 Å². The molecule has 1 heterocycles. The van der Waals surface area contributed by atoms with Crippen molar-refractivity contribution in [1.82, 2.24) is 5.32 Å². The highest BCUT2D eigenvalue weighted by Gasteiger charge is 2.06. The lowest BCUT2D eigenvalue weighted by Gasteiger charge is -2.12. The third-order valence-corrected chi connectivity index (χ3v) is 4.16. The first-order valence-corrected chi connectivity index (χ1v) is 6.99. The summed E-state index contributed by atoms with van der Waals surface area (Å²) in [6.07, 6.45) is 1.02. The van der Waals surface area contributed by atoms with Crippen molar-refractivity contribution in [3.05, 3.63) is 35.2 Å². The van der Waals surface area contributed by atoms with Crippen LogP contribution in [0.25, 0.3) is 10.1 Å². The maximum absolute atomic E-state index is 9.12. The summed E-state index contributed by atoms with van der Waals surface area (Å²) < 4.78 is 1.35. The number of aliphatic hydroxyl groups excluding tert-OH is 1. The first-order chi connectivity index (χ1) is 8.35. The summed E-state index contributed by atoms with van der Waals surface area (Å²) in [5.41, 5.74) is 1.36. The van der Waals surface area contributed by atoms with E-state index in [1.807, 2.05) is 0 Å². The molecule has 0 aliphatic heterocycles. The van der Waals surface area contributed by atoms with E-state index in [9.17, 15) is 0 Å². The molecule has 3 heteroatoms. The lowest BCUT2D eigenvalue weighted by Crippen LogP contribution is -2.24. The highest BCUT2D eigenvalue weighted by Crippen LogP contribution is 2.25. The molecule has 2 nitrogen and oxygen atoms in total. The minimum atomic E-state index is 0.272. The van der Waals surface area contributed by atoms with E-state index in [-0.39, 0.29) is 6.61 Å². The van der Waals surface area contributed by atoms with Gasteiger partial charge in [-0.25, -0.2) is 0 Å². The number of hydrogen-bond acceptors (Lipinski definition) is 3. The summed E-state index contributed by atoms with van der Waals surface area (Å²) in [5, 5.41) is 16.1. The fourth-order valence-corrected chi connectivity index (χ4v) is 2.88. The van der Waals surface area contributed by atoms with Crippen LogP contribution in [0, 0.1) is 5.92 Å². The van der Waals surface area contributed by atoms with Gasteiger partial charge in [0.05, 0.1) is 0 Å². The van der Waals surface area contributed by atoms with Crippen LogP contribution in [0.15, 0.2) is 29.6 Å². The lowest BCUT2D eigenvalue weighted by molar-refractivity contribution is 0.218. The molecule has 2 N–H and O–H groups in total. The molecule has 0 spiro atoms. The number of hydrogen-bond donors (Lipinski definition) is 2. The van der Waals surface area contributed by atoms with Crippen molar-refractivity contribution in [2.24, 2.45) is 5.92 Å². The Kier molecular flexibility index (Phi) is 4.54. The van der Waals surface area contributed by atoms with E-state index in [1.165, 1.54) is 15.6 Å². The zero-order chi connectivity index (χ0) is 12.1. The quantitative estimate of drug-likeness (QED) is 0.825. The molecule has 0 aliphatic carbocycles. The Morgan fingerprint density at radius 2 is 2.18 bits per heavy atom. The number of rotatable bonds is 6. The van der Waals surface area contributed by atoms with Crippen molar-refractivity contribution >= 4 is 21.4 Å². The third kappa shape index (κ3) is 3.06. The van der Waals surface area contributed by atoms with Gasteiger partial charge in [-0.3, -0.25) is 0 Å². The second-order valence-electron chi connectivity index (χ2n) is 4.34. The molecule has 0 bridgehead atoms. The molecule has 0 fully saturated rings. The highest BCUT2D eigenvalue weighted by molar-refractivity contribution is 7.17. The van der Waals surface area contributed by atoms with Crippen LogP contribution in [-0.4, -0.2) is 18.3 Å². The van der Waals surface area contributed by atoms with E-state index in [0.29, 0.717) is 5.92 Å². The molecule has 1 atom stereocenters. The largest absolute Gasteiger partial charge is 0.396 e. The Morgan fingerprint density at radius 3 is 2.94 bits per heavy atom. The second kappa shape index (κ2) is 6.15. The van der Waals surface area contributed by atoms with Gasteiger partial charge in [-0.05, 0) is 34.7 Å². The highest BCUT2D eigenvalue weighted by atomic mass is 32.1. The van der Waals surface area contributed by atoms with Crippen LogP contribution >= 0.6 is 11.3 Å². The minimum absolute atomic E-state index is 0.272. The molecule has 2 rings (SSSR count). The molecular weight excluding hydrogens is 230 g/mol. The van der Waals surface area contributed by atoms with Crippen LogP contribution < -0.4 is 5.32 Å². The minimum Gasteiger partial charge on any atom is -0.396 e. The topological polar surface area (TPSA) is 32.3 Å². The van der Waals surface area contributed by atoms with Crippen LogP contribution in [0.3, 0.4) is 0 Å². The molecule has 0 saturated carbocycles. The van der Waals surface area contributed by atoms with E-state index in [4.69, 9.17) is 5.11 Å². The molecule has 1 aromatic heterocycles. The normalized spacial score (nSPS) is 13.1. The molecular formula is C14H19NOS. The van der Waals surface area contributed by atoms with E-state index in [0.717, 1.165) is 19.5 Å². The van der Waals surface area contributed by atoms with Crippen LogP contribution in [0.5, 0.6) is 0 Å². The fraction of sp³-hybridized carbons (Fsp3) is 0.429. The van der Waals surface area contributed by atoms with Gasteiger partial charge in [-0.15, -0.1) is 11.3 Å². The van der Waals surface area contributed by atoms with Gasteiger partial charge in [0.1, 0.15) is 0 Å². The molecule has 0 amide bonds. The lowest BCUT2D eigenvalue weighted by atomic mass is 10.1. The van der Waals surface area contributed by atoms with Gasteiger partial charge in [0.2, 0.25) is 0 Å². The molecule has 1 unspecified atom stereocenters. The van der Waals surface area contributed by atoms with Crippen LogP contribution in [0.1, 0.15) is 18.9 Å². The summed E-state index contributed by atoms with van der Waals surface area (Å²) in [4.78, 5) is 0. The van der Waals surface area contributed by atoms with Crippen LogP contribution in [0.4, 0.5) is 0 Å². The first-order valence-electron chi connectivity index (χ1n) is 6.11. The molecule has 2 aromatic rings. The van der Waals surface area contributed by atoms with Crippen molar-refractivity contribution < 1.29 is 5.11 Å². The summed E-state index contributed by atoms with van der Waals surface area (Å²) in [7, 11) is 0. The van der Waals surface area contributed by atoms with E-state index in [2.05, 4.69) is 41.9 Å². The second-order valence-corrected chi connectivity index (χ2v) is 5.26. The summed E-state index contributed by atoms with van der Waals surface area (Å²) in [6, 6.07) is 8.49. The van der Waals surface area contributed by atoms with Crippen LogP contribution in [0.2, 0.25) is 0 Å². The fourth-order valence-electron chi connectivity index (χ4n) is 1.92. The number of nitrogens with one attached hydrogen (secondary N) is 1. The van der Waals surface area contributed by atoms with Gasteiger partial charge in [-0.1, -0.05) is 25.1 Å². The molecule has 0 aliphatic rings. The predicted octanol–water partition coefficient (Wildman–Crippen LogP) is 3.01. The van der Waals surface area contributed by atoms with E-state index >= 15 is 0 Å². The average Bonchev–Trinajstić information content (AvgIpc) is 2.78. The van der Waals surface area contributed by atoms with Gasteiger partial charge >= 0.3 is 0 Å². The Hall–Kier alpha value is -0.900. The zero-order valence-electron chi connectivity index (χ0n) is 10.1.